The standard InChI is InChI=1S/C33H35N3O4/c1-5-39-30-19-24(15-18-29(30)40-21-27-11-8-10-25-9-6-7-12-28(25)27)20-34-36-33(38)31(22(2)3)35-32(37)26-16-13-23(4)14-17-26/h6-20,22,31H,5,21H2,1-4H3,(H,35,37)(H,36,38)/b34-20-. The third-order valence-corrected chi connectivity index (χ3v) is 6.47. The molecule has 0 radical (unpaired) electrons. The number of hydrogen-bond donors (Lipinski definition) is 2. The van der Waals surface area contributed by atoms with Gasteiger partial charge in [0.15, 0.2) is 11.5 Å². The number of hydrogen-bond acceptors (Lipinski definition) is 5. The van der Waals surface area contributed by atoms with Crippen LogP contribution in [-0.2, 0) is 11.4 Å². The van der Waals surface area contributed by atoms with Gasteiger partial charge in [-0.05, 0) is 72.0 Å². The van der Waals surface area contributed by atoms with Crippen molar-refractivity contribution in [2.75, 3.05) is 6.61 Å². The molecule has 0 aliphatic heterocycles. The molecular weight excluding hydrogens is 502 g/mol. The van der Waals surface area contributed by atoms with Crippen molar-refractivity contribution in [1.82, 2.24) is 10.7 Å². The van der Waals surface area contributed by atoms with E-state index in [0.717, 1.165) is 27.5 Å². The van der Waals surface area contributed by atoms with E-state index in [-0.39, 0.29) is 11.8 Å². The molecule has 0 aromatic heterocycles. The maximum Gasteiger partial charge on any atom is 0.262 e. The third kappa shape index (κ3) is 7.26. The van der Waals surface area contributed by atoms with Gasteiger partial charge in [-0.25, -0.2) is 5.43 Å². The van der Waals surface area contributed by atoms with E-state index < -0.39 is 11.9 Å². The van der Waals surface area contributed by atoms with Gasteiger partial charge in [0.1, 0.15) is 12.6 Å². The molecule has 0 saturated heterocycles. The molecule has 0 fully saturated rings. The molecule has 4 aromatic rings. The number of fused-ring (bicyclic) bond motifs is 1. The van der Waals surface area contributed by atoms with Gasteiger partial charge in [0, 0.05) is 5.56 Å². The number of carbonyl (C=O) groups is 2. The van der Waals surface area contributed by atoms with Crippen LogP contribution in [0.5, 0.6) is 11.5 Å². The number of amides is 2. The average Bonchev–Trinajstić information content (AvgIpc) is 2.95. The Morgan fingerprint density at radius 2 is 1.65 bits per heavy atom. The van der Waals surface area contributed by atoms with Gasteiger partial charge in [-0.15, -0.1) is 0 Å². The topological polar surface area (TPSA) is 89.0 Å². The second-order valence-corrected chi connectivity index (χ2v) is 9.86. The molecule has 2 N–H and O–H groups in total. The Kier molecular flexibility index (Phi) is 9.52. The molecule has 0 heterocycles. The molecule has 7 heteroatoms. The Hall–Kier alpha value is -4.65. The van der Waals surface area contributed by atoms with E-state index in [1.807, 2.05) is 76.2 Å². The van der Waals surface area contributed by atoms with E-state index in [2.05, 4.69) is 40.1 Å². The van der Waals surface area contributed by atoms with Crippen molar-refractivity contribution in [1.29, 1.82) is 0 Å². The molecule has 2 amide bonds. The van der Waals surface area contributed by atoms with Gasteiger partial charge in [-0.1, -0.05) is 74.0 Å². The van der Waals surface area contributed by atoms with Crippen molar-refractivity contribution < 1.29 is 19.1 Å². The van der Waals surface area contributed by atoms with Crippen molar-refractivity contribution in [2.45, 2.75) is 40.3 Å². The Bertz CT molecular complexity index is 1490. The largest absolute Gasteiger partial charge is 0.490 e. The summed E-state index contributed by atoms with van der Waals surface area (Å²) in [5.74, 6) is 0.371. The number of hydrazone groups is 1. The Morgan fingerprint density at radius 1 is 0.900 bits per heavy atom. The van der Waals surface area contributed by atoms with Crippen molar-refractivity contribution in [3.63, 3.8) is 0 Å². The second-order valence-electron chi connectivity index (χ2n) is 9.86. The predicted octanol–water partition coefficient (Wildman–Crippen LogP) is 6.03. The highest BCUT2D eigenvalue weighted by molar-refractivity contribution is 5.97. The van der Waals surface area contributed by atoms with E-state index in [0.29, 0.717) is 30.3 Å². The van der Waals surface area contributed by atoms with Gasteiger partial charge in [0.2, 0.25) is 0 Å². The van der Waals surface area contributed by atoms with Crippen molar-refractivity contribution in [2.24, 2.45) is 11.0 Å². The highest BCUT2D eigenvalue weighted by atomic mass is 16.5. The first-order valence-corrected chi connectivity index (χ1v) is 13.4. The smallest absolute Gasteiger partial charge is 0.262 e. The van der Waals surface area contributed by atoms with E-state index in [1.165, 1.54) is 6.21 Å². The minimum atomic E-state index is -0.741. The average molecular weight is 538 g/mol. The van der Waals surface area contributed by atoms with Gasteiger partial charge in [0.25, 0.3) is 11.8 Å². The molecule has 40 heavy (non-hydrogen) atoms. The molecule has 0 saturated carbocycles. The van der Waals surface area contributed by atoms with E-state index in [1.54, 1.807) is 12.1 Å². The summed E-state index contributed by atoms with van der Waals surface area (Å²) in [5, 5.41) is 9.25. The summed E-state index contributed by atoms with van der Waals surface area (Å²) >= 11 is 0. The highest BCUT2D eigenvalue weighted by Gasteiger charge is 2.24. The fourth-order valence-electron chi connectivity index (χ4n) is 4.27. The molecule has 1 atom stereocenters. The van der Waals surface area contributed by atoms with Crippen molar-refractivity contribution >= 4 is 28.8 Å². The minimum absolute atomic E-state index is 0.132. The number of rotatable bonds is 11. The number of nitrogens with zero attached hydrogens (tertiary/aromatic N) is 1. The summed E-state index contributed by atoms with van der Waals surface area (Å²) in [4.78, 5) is 25.5. The van der Waals surface area contributed by atoms with Crippen LogP contribution >= 0.6 is 0 Å². The number of aryl methyl sites for hydroxylation is 1. The maximum absolute atomic E-state index is 12.8. The van der Waals surface area contributed by atoms with Gasteiger partial charge in [0.05, 0.1) is 12.8 Å². The van der Waals surface area contributed by atoms with Gasteiger partial charge in [-0.3, -0.25) is 9.59 Å². The summed E-state index contributed by atoms with van der Waals surface area (Å²) in [6.45, 7) is 8.47. The fraction of sp³-hybridized carbons (Fsp3) is 0.242. The van der Waals surface area contributed by atoms with Gasteiger partial charge >= 0.3 is 0 Å². The van der Waals surface area contributed by atoms with Crippen LogP contribution in [0.25, 0.3) is 10.8 Å². The van der Waals surface area contributed by atoms with E-state index in [9.17, 15) is 9.59 Å². The summed E-state index contributed by atoms with van der Waals surface area (Å²) in [5.41, 5.74) is 5.92. The minimum Gasteiger partial charge on any atom is -0.490 e. The monoisotopic (exact) mass is 537 g/mol. The lowest BCUT2D eigenvalue weighted by Crippen LogP contribution is -2.48. The van der Waals surface area contributed by atoms with Crippen LogP contribution < -0.4 is 20.2 Å². The number of nitrogens with one attached hydrogen (secondary N) is 2. The van der Waals surface area contributed by atoms with Crippen molar-refractivity contribution in [3.8, 4) is 11.5 Å². The normalized spacial score (nSPS) is 11.9. The lowest BCUT2D eigenvalue weighted by Gasteiger charge is -2.20. The van der Waals surface area contributed by atoms with Crippen LogP contribution in [-0.4, -0.2) is 30.7 Å². The van der Waals surface area contributed by atoms with Crippen LogP contribution in [0, 0.1) is 12.8 Å². The molecule has 4 aromatic carbocycles. The number of ether oxygens (including phenoxy) is 2. The lowest BCUT2D eigenvalue weighted by atomic mass is 10.0. The van der Waals surface area contributed by atoms with Crippen LogP contribution in [0.3, 0.4) is 0 Å². The number of carbonyl (C=O) groups excluding carboxylic acids is 2. The fourth-order valence-corrected chi connectivity index (χ4v) is 4.27. The van der Waals surface area contributed by atoms with Gasteiger partial charge < -0.3 is 14.8 Å². The first kappa shape index (κ1) is 28.4. The molecular formula is C33H35N3O4. The van der Waals surface area contributed by atoms with E-state index in [4.69, 9.17) is 9.47 Å². The summed E-state index contributed by atoms with van der Waals surface area (Å²) in [7, 11) is 0. The lowest BCUT2D eigenvalue weighted by molar-refractivity contribution is -0.123. The van der Waals surface area contributed by atoms with Gasteiger partial charge in [-0.2, -0.15) is 5.10 Å². The second kappa shape index (κ2) is 13.4. The van der Waals surface area contributed by atoms with Crippen LogP contribution in [0.15, 0.2) is 90.0 Å². The van der Waals surface area contributed by atoms with Crippen LogP contribution in [0.4, 0.5) is 0 Å². The van der Waals surface area contributed by atoms with Crippen LogP contribution in [0.2, 0.25) is 0 Å². The number of benzene rings is 4. The maximum atomic E-state index is 12.8. The molecule has 0 aliphatic carbocycles. The molecule has 7 nitrogen and oxygen atoms in total. The van der Waals surface area contributed by atoms with Crippen molar-refractivity contribution in [3.05, 3.63) is 107 Å². The summed E-state index contributed by atoms with van der Waals surface area (Å²) in [6, 6.07) is 26.3. The molecule has 1 unspecified atom stereocenters. The molecule has 0 bridgehead atoms. The third-order valence-electron chi connectivity index (χ3n) is 6.47. The summed E-state index contributed by atoms with van der Waals surface area (Å²) < 4.78 is 12.0. The zero-order chi connectivity index (χ0) is 28.5. The highest BCUT2D eigenvalue weighted by Crippen LogP contribution is 2.30. The molecule has 0 spiro atoms. The first-order valence-electron chi connectivity index (χ1n) is 13.4. The molecule has 4 rings (SSSR count). The Labute approximate surface area is 235 Å². The quantitative estimate of drug-likeness (QED) is 0.181. The Balaban J connectivity index is 1.40. The van der Waals surface area contributed by atoms with E-state index >= 15 is 0 Å². The van der Waals surface area contributed by atoms with Crippen LogP contribution in [0.1, 0.15) is 47.8 Å². The zero-order valence-electron chi connectivity index (χ0n) is 23.3. The predicted molar refractivity (Wildman–Crippen MR) is 159 cm³/mol. The molecule has 0 aliphatic rings. The molecule has 206 valence electrons. The zero-order valence-corrected chi connectivity index (χ0v) is 23.3. The Morgan fingerprint density at radius 3 is 2.40 bits per heavy atom. The first-order chi connectivity index (χ1) is 19.4. The summed E-state index contributed by atoms with van der Waals surface area (Å²) in [6.07, 6.45) is 1.54. The SMILES string of the molecule is CCOc1cc(/C=N\NC(=O)C(NC(=O)c2ccc(C)cc2)C(C)C)ccc1OCc1cccc2ccccc12.